The Kier molecular flexibility index (Phi) is 4.60. The molecule has 0 spiro atoms. The number of cyclic esters (lactones) is 1. The fourth-order valence-electron chi connectivity index (χ4n) is 1.90. The zero-order valence-corrected chi connectivity index (χ0v) is 12.8. The number of carboxylic acids is 1. The third-order valence-corrected chi connectivity index (χ3v) is 4.02. The molecule has 0 radical (unpaired) electrons. The summed E-state index contributed by atoms with van der Waals surface area (Å²) in [5, 5.41) is 8.79. The predicted molar refractivity (Wildman–Crippen MR) is 78.6 cm³/mol. The van der Waals surface area contributed by atoms with Crippen molar-refractivity contribution in [2.75, 3.05) is 6.54 Å². The number of hydrogen-bond donors (Lipinski definition) is 2. The fraction of sp³-hybridized carbons (Fsp3) is 0.357. The lowest BCUT2D eigenvalue weighted by Crippen LogP contribution is -2.43. The van der Waals surface area contributed by atoms with Gasteiger partial charge >= 0.3 is 17.1 Å². The molecule has 2 rings (SSSR count). The minimum absolute atomic E-state index is 0.323. The molecule has 2 N–H and O–H groups in total. The van der Waals surface area contributed by atoms with Crippen molar-refractivity contribution in [1.82, 2.24) is 5.32 Å². The van der Waals surface area contributed by atoms with Crippen LogP contribution in [-0.4, -0.2) is 39.9 Å². The molecule has 1 aromatic rings. The highest BCUT2D eigenvalue weighted by atomic mass is 32.2. The summed E-state index contributed by atoms with van der Waals surface area (Å²) < 4.78 is 10.9. The van der Waals surface area contributed by atoms with Crippen molar-refractivity contribution < 1.29 is 29.0 Å². The van der Waals surface area contributed by atoms with Gasteiger partial charge in [-0.25, -0.2) is 4.79 Å². The van der Waals surface area contributed by atoms with Crippen LogP contribution in [0.15, 0.2) is 24.3 Å². The summed E-state index contributed by atoms with van der Waals surface area (Å²) in [5.74, 6) is -1.76. The molecule has 0 unspecified atom stereocenters. The topological polar surface area (TPSA) is 102 Å². The maximum absolute atomic E-state index is 12.0. The number of para-hydroxylation sites is 1. The molecule has 0 saturated heterocycles. The van der Waals surface area contributed by atoms with E-state index in [-0.39, 0.29) is 0 Å². The van der Waals surface area contributed by atoms with Crippen LogP contribution in [0.4, 0.5) is 0 Å². The number of carbonyl (C=O) groups is 3. The predicted octanol–water partition coefficient (Wildman–Crippen LogP) is 1.23. The van der Waals surface area contributed by atoms with Gasteiger partial charge in [0.05, 0.1) is 5.25 Å². The van der Waals surface area contributed by atoms with E-state index in [0.717, 1.165) is 11.8 Å². The first-order chi connectivity index (χ1) is 10.3. The molecule has 7 nitrogen and oxygen atoms in total. The number of thioether (sulfide) groups is 1. The van der Waals surface area contributed by atoms with Gasteiger partial charge in [-0.15, -0.1) is 0 Å². The summed E-state index contributed by atoms with van der Waals surface area (Å²) in [6.45, 7) is 2.64. The van der Waals surface area contributed by atoms with Gasteiger partial charge < -0.3 is 19.9 Å². The number of aliphatic carboxylic acids is 1. The molecular weight excluding hydrogens is 310 g/mol. The van der Waals surface area contributed by atoms with Crippen LogP contribution in [-0.2, 0) is 14.3 Å². The lowest BCUT2D eigenvalue weighted by atomic mass is 10.2. The lowest BCUT2D eigenvalue weighted by molar-refractivity contribution is -0.137. The van der Waals surface area contributed by atoms with E-state index in [9.17, 15) is 14.4 Å². The van der Waals surface area contributed by atoms with Crippen molar-refractivity contribution in [3.8, 4) is 5.75 Å². The van der Waals surface area contributed by atoms with Gasteiger partial charge in [0.2, 0.25) is 5.91 Å². The van der Waals surface area contributed by atoms with Crippen LogP contribution in [0, 0.1) is 0 Å². The zero-order valence-electron chi connectivity index (χ0n) is 12.0. The monoisotopic (exact) mass is 325 g/mol. The summed E-state index contributed by atoms with van der Waals surface area (Å²) in [6.07, 6.45) is 0. The van der Waals surface area contributed by atoms with Gasteiger partial charge in [0.1, 0.15) is 17.9 Å². The number of fused-ring (bicyclic) bond motifs is 1. The molecule has 0 fully saturated rings. The van der Waals surface area contributed by atoms with Crippen LogP contribution in [0.3, 0.4) is 0 Å². The second-order valence-electron chi connectivity index (χ2n) is 4.72. The molecule has 0 aromatic heterocycles. The molecule has 0 saturated carbocycles. The molecule has 22 heavy (non-hydrogen) atoms. The Labute approximate surface area is 131 Å². The smallest absolute Gasteiger partial charge is 0.345 e. The Hall–Kier alpha value is -2.22. The van der Waals surface area contributed by atoms with Gasteiger partial charge in [-0.05, 0) is 19.1 Å². The van der Waals surface area contributed by atoms with Crippen molar-refractivity contribution in [3.63, 3.8) is 0 Å². The first-order valence-electron chi connectivity index (χ1n) is 6.49. The van der Waals surface area contributed by atoms with Crippen molar-refractivity contribution in [3.05, 3.63) is 29.8 Å². The standard InChI is InChI=1S/C14H15NO6S/c1-8(12(18)15-7-11(16)17)22-14(2)20-10-6-4-3-5-9(10)13(19)21-14/h3-6,8H,7H2,1-2H3,(H,15,18)(H,16,17)/t8-,14+/m0/s1. The molecule has 1 amide bonds. The molecular formula is C14H15NO6S. The van der Waals surface area contributed by atoms with Crippen LogP contribution < -0.4 is 10.1 Å². The number of amides is 1. The minimum Gasteiger partial charge on any atom is -0.480 e. The largest absolute Gasteiger partial charge is 0.480 e. The van der Waals surface area contributed by atoms with Gasteiger partial charge in [0, 0.05) is 6.92 Å². The second-order valence-corrected chi connectivity index (χ2v) is 6.41. The number of rotatable bonds is 5. The average molecular weight is 325 g/mol. The van der Waals surface area contributed by atoms with Gasteiger partial charge in [-0.1, -0.05) is 23.9 Å². The van der Waals surface area contributed by atoms with Crippen molar-refractivity contribution in [1.29, 1.82) is 0 Å². The average Bonchev–Trinajstić information content (AvgIpc) is 2.44. The summed E-state index contributed by atoms with van der Waals surface area (Å²) in [7, 11) is 0. The Morgan fingerprint density at radius 3 is 2.73 bits per heavy atom. The number of carboxylic acid groups (broad SMARTS) is 1. The lowest BCUT2D eigenvalue weighted by Gasteiger charge is -2.35. The fourth-order valence-corrected chi connectivity index (χ4v) is 2.99. The third kappa shape index (κ3) is 3.70. The normalized spacial score (nSPS) is 21.1. The molecule has 0 bridgehead atoms. The van der Waals surface area contributed by atoms with Gasteiger partial charge in [-0.2, -0.15) is 0 Å². The molecule has 1 aliphatic heterocycles. The molecule has 118 valence electrons. The highest BCUT2D eigenvalue weighted by Gasteiger charge is 2.41. The van der Waals surface area contributed by atoms with E-state index in [4.69, 9.17) is 14.6 Å². The van der Waals surface area contributed by atoms with Crippen molar-refractivity contribution in [2.45, 2.75) is 24.2 Å². The quantitative estimate of drug-likeness (QED) is 0.785. The molecule has 1 heterocycles. The number of benzene rings is 1. The Morgan fingerprint density at radius 1 is 1.36 bits per heavy atom. The summed E-state index contributed by atoms with van der Waals surface area (Å²) in [6, 6.07) is 6.65. The van der Waals surface area contributed by atoms with Crippen molar-refractivity contribution >= 4 is 29.6 Å². The van der Waals surface area contributed by atoms with Crippen LogP contribution in [0.2, 0.25) is 0 Å². The van der Waals surface area contributed by atoms with E-state index in [0.29, 0.717) is 11.3 Å². The van der Waals surface area contributed by atoms with E-state index >= 15 is 0 Å². The van der Waals surface area contributed by atoms with E-state index in [1.54, 1.807) is 31.2 Å². The molecule has 2 atom stereocenters. The second kappa shape index (κ2) is 6.27. The number of nitrogens with one attached hydrogen (secondary N) is 1. The minimum atomic E-state index is -1.36. The summed E-state index contributed by atoms with van der Waals surface area (Å²) >= 11 is 0.980. The molecule has 1 aromatic carbocycles. The van der Waals surface area contributed by atoms with Crippen LogP contribution in [0.1, 0.15) is 24.2 Å². The Morgan fingerprint density at radius 2 is 2.05 bits per heavy atom. The summed E-state index contributed by atoms with van der Waals surface area (Å²) in [4.78, 5) is 34.2. The highest BCUT2D eigenvalue weighted by Crippen LogP contribution is 2.39. The van der Waals surface area contributed by atoms with Crippen molar-refractivity contribution in [2.24, 2.45) is 0 Å². The number of ether oxygens (including phenoxy) is 2. The SMILES string of the molecule is C[C@H](S[C@@]1(C)OC(=O)c2ccccc2O1)C(=O)NCC(=O)O. The van der Waals surface area contributed by atoms with Crippen LogP contribution in [0.5, 0.6) is 5.75 Å². The van der Waals surface area contributed by atoms with E-state index < -0.39 is 34.8 Å². The van der Waals surface area contributed by atoms with Crippen LogP contribution >= 0.6 is 11.8 Å². The first kappa shape index (κ1) is 16.2. The highest BCUT2D eigenvalue weighted by molar-refractivity contribution is 8.01. The molecule has 0 aliphatic carbocycles. The molecule has 8 heteroatoms. The Balaban J connectivity index is 2.05. The van der Waals surface area contributed by atoms with Gasteiger partial charge in [-0.3, -0.25) is 9.59 Å². The number of hydrogen-bond acceptors (Lipinski definition) is 6. The third-order valence-electron chi connectivity index (χ3n) is 2.85. The number of carbonyl (C=O) groups excluding carboxylic acids is 2. The molecule has 1 aliphatic rings. The summed E-state index contributed by atoms with van der Waals surface area (Å²) in [5.41, 5.74) is 0.323. The van der Waals surface area contributed by atoms with Gasteiger partial charge in [0.15, 0.2) is 0 Å². The van der Waals surface area contributed by atoms with Crippen LogP contribution in [0.25, 0.3) is 0 Å². The van der Waals surface area contributed by atoms with E-state index in [2.05, 4.69) is 5.32 Å². The zero-order chi connectivity index (χ0) is 16.3. The van der Waals surface area contributed by atoms with E-state index in [1.165, 1.54) is 6.92 Å². The Bertz CT molecular complexity index is 619. The van der Waals surface area contributed by atoms with E-state index in [1.807, 2.05) is 0 Å². The first-order valence-corrected chi connectivity index (χ1v) is 7.37. The maximum Gasteiger partial charge on any atom is 0.345 e. The number of esters is 1. The van der Waals surface area contributed by atoms with Gasteiger partial charge in [0.25, 0.3) is 0 Å². The maximum atomic E-state index is 12.0.